The first-order valence-corrected chi connectivity index (χ1v) is 8.69. The first kappa shape index (κ1) is 18.9. The molecule has 1 atom stereocenters. The number of amides is 1. The van der Waals surface area contributed by atoms with E-state index in [0.717, 1.165) is 21.2 Å². The molecular formula is C20H20BrNO3. The maximum atomic E-state index is 11.9. The number of carbonyl (C=O) groups excluding carboxylic acids is 2. The Morgan fingerprint density at radius 2 is 1.92 bits per heavy atom. The van der Waals surface area contributed by atoms with Crippen LogP contribution in [-0.2, 0) is 14.3 Å². The number of hydrogen-bond donors (Lipinski definition) is 1. The number of hydrogen-bond acceptors (Lipinski definition) is 3. The lowest BCUT2D eigenvalue weighted by Crippen LogP contribution is -2.30. The summed E-state index contributed by atoms with van der Waals surface area (Å²) in [5.74, 6) is -0.888. The maximum Gasteiger partial charge on any atom is 0.331 e. The van der Waals surface area contributed by atoms with Crippen molar-refractivity contribution in [3.63, 3.8) is 0 Å². The van der Waals surface area contributed by atoms with E-state index < -0.39 is 5.97 Å². The zero-order valence-electron chi connectivity index (χ0n) is 14.2. The molecule has 2 rings (SSSR count). The van der Waals surface area contributed by atoms with Crippen molar-refractivity contribution in [1.82, 2.24) is 5.32 Å². The van der Waals surface area contributed by atoms with Crippen molar-refractivity contribution in [3.05, 3.63) is 75.8 Å². The van der Waals surface area contributed by atoms with Crippen molar-refractivity contribution in [2.24, 2.45) is 0 Å². The van der Waals surface area contributed by atoms with E-state index in [-0.39, 0.29) is 18.6 Å². The van der Waals surface area contributed by atoms with Gasteiger partial charge in [-0.3, -0.25) is 4.79 Å². The number of carbonyl (C=O) groups is 2. The van der Waals surface area contributed by atoms with Gasteiger partial charge in [0.2, 0.25) is 0 Å². The van der Waals surface area contributed by atoms with Crippen LogP contribution in [0.25, 0.3) is 6.08 Å². The average molecular weight is 402 g/mol. The summed E-state index contributed by atoms with van der Waals surface area (Å²) < 4.78 is 5.94. The smallest absolute Gasteiger partial charge is 0.331 e. The Morgan fingerprint density at radius 1 is 1.20 bits per heavy atom. The fourth-order valence-electron chi connectivity index (χ4n) is 2.24. The topological polar surface area (TPSA) is 55.4 Å². The summed E-state index contributed by atoms with van der Waals surface area (Å²) in [4.78, 5) is 23.6. The molecule has 4 nitrogen and oxygen atoms in total. The van der Waals surface area contributed by atoms with Crippen LogP contribution in [0.2, 0.25) is 0 Å². The Morgan fingerprint density at radius 3 is 2.60 bits per heavy atom. The van der Waals surface area contributed by atoms with Crippen molar-refractivity contribution in [3.8, 4) is 0 Å². The minimum absolute atomic E-state index is 0.165. The van der Waals surface area contributed by atoms with Crippen molar-refractivity contribution in [1.29, 1.82) is 0 Å². The maximum absolute atomic E-state index is 11.9. The number of rotatable bonds is 6. The first-order chi connectivity index (χ1) is 11.9. The third-order valence-corrected chi connectivity index (χ3v) is 4.08. The first-order valence-electron chi connectivity index (χ1n) is 7.90. The summed E-state index contributed by atoms with van der Waals surface area (Å²) in [6.45, 7) is 3.55. The van der Waals surface area contributed by atoms with Crippen LogP contribution in [0.5, 0.6) is 0 Å². The lowest BCUT2D eigenvalue weighted by atomic mass is 10.1. The zero-order valence-corrected chi connectivity index (χ0v) is 15.7. The van der Waals surface area contributed by atoms with Gasteiger partial charge in [-0.05, 0) is 43.2 Å². The van der Waals surface area contributed by atoms with Crippen LogP contribution < -0.4 is 5.32 Å². The highest BCUT2D eigenvalue weighted by molar-refractivity contribution is 9.10. The van der Waals surface area contributed by atoms with Gasteiger partial charge in [0.15, 0.2) is 6.61 Å². The summed E-state index contributed by atoms with van der Waals surface area (Å²) in [5.41, 5.74) is 2.99. The van der Waals surface area contributed by atoms with Crippen molar-refractivity contribution in [2.75, 3.05) is 6.61 Å². The number of halogens is 1. The van der Waals surface area contributed by atoms with Crippen LogP contribution in [0, 0.1) is 6.92 Å². The lowest BCUT2D eigenvalue weighted by Gasteiger charge is -2.14. The van der Waals surface area contributed by atoms with E-state index in [1.807, 2.05) is 62.4 Å². The van der Waals surface area contributed by atoms with Crippen molar-refractivity contribution >= 4 is 33.9 Å². The Labute approximate surface area is 156 Å². The standard InChI is InChI=1S/C20H20BrNO3/c1-14-4-3-5-16(12-14)6-11-20(24)25-13-19(23)22-15(2)17-7-9-18(21)10-8-17/h3-12,15H,13H2,1-2H3,(H,22,23)/b11-6+/t15-/m1/s1. The minimum atomic E-state index is -0.548. The van der Waals surface area contributed by atoms with Crippen LogP contribution in [0.1, 0.15) is 29.7 Å². The molecule has 0 saturated heterocycles. The average Bonchev–Trinajstić information content (AvgIpc) is 2.58. The Hall–Kier alpha value is -2.40. The molecule has 0 aliphatic heterocycles. The molecule has 1 amide bonds. The molecule has 0 aliphatic carbocycles. The second-order valence-electron chi connectivity index (χ2n) is 5.70. The zero-order chi connectivity index (χ0) is 18.2. The quantitative estimate of drug-likeness (QED) is 0.582. The van der Waals surface area contributed by atoms with Gasteiger partial charge in [-0.15, -0.1) is 0 Å². The molecule has 0 aromatic heterocycles. The summed E-state index contributed by atoms with van der Waals surface area (Å²) in [6, 6.07) is 15.2. The normalized spacial score (nSPS) is 12.0. The molecule has 0 radical (unpaired) electrons. The van der Waals surface area contributed by atoms with Crippen molar-refractivity contribution < 1.29 is 14.3 Å². The Balaban J connectivity index is 1.79. The summed E-state index contributed by atoms with van der Waals surface area (Å²) in [5, 5.41) is 2.80. The number of nitrogens with one attached hydrogen (secondary N) is 1. The second kappa shape index (κ2) is 9.18. The van der Waals surface area contributed by atoms with E-state index in [9.17, 15) is 9.59 Å². The van der Waals surface area contributed by atoms with E-state index in [2.05, 4.69) is 21.2 Å². The molecule has 0 bridgehead atoms. The number of esters is 1. The van der Waals surface area contributed by atoms with Gasteiger partial charge in [0.1, 0.15) is 0 Å². The fourth-order valence-corrected chi connectivity index (χ4v) is 2.51. The SMILES string of the molecule is Cc1cccc(/C=C/C(=O)OCC(=O)N[C@H](C)c2ccc(Br)cc2)c1. The van der Waals surface area contributed by atoms with Crippen LogP contribution in [0.15, 0.2) is 59.1 Å². The molecule has 0 spiro atoms. The molecule has 0 fully saturated rings. The predicted octanol–water partition coefficient (Wildman–Crippen LogP) is 4.19. The van der Waals surface area contributed by atoms with Gasteiger partial charge in [0.25, 0.3) is 5.91 Å². The monoisotopic (exact) mass is 401 g/mol. The lowest BCUT2D eigenvalue weighted by molar-refractivity contribution is -0.144. The minimum Gasteiger partial charge on any atom is -0.452 e. The van der Waals surface area contributed by atoms with Gasteiger partial charge in [0, 0.05) is 10.5 Å². The third-order valence-electron chi connectivity index (χ3n) is 3.55. The van der Waals surface area contributed by atoms with Crippen LogP contribution >= 0.6 is 15.9 Å². The van der Waals surface area contributed by atoms with E-state index in [1.54, 1.807) is 6.08 Å². The number of aryl methyl sites for hydroxylation is 1. The molecule has 0 saturated carbocycles. The Bertz CT molecular complexity index is 769. The van der Waals surface area contributed by atoms with Crippen LogP contribution in [0.4, 0.5) is 0 Å². The molecular weight excluding hydrogens is 382 g/mol. The van der Waals surface area contributed by atoms with Crippen molar-refractivity contribution in [2.45, 2.75) is 19.9 Å². The molecule has 0 aliphatic rings. The summed E-state index contributed by atoms with van der Waals surface area (Å²) in [7, 11) is 0. The molecule has 2 aromatic rings. The van der Waals surface area contributed by atoms with Gasteiger partial charge in [-0.1, -0.05) is 57.9 Å². The largest absolute Gasteiger partial charge is 0.452 e. The second-order valence-corrected chi connectivity index (χ2v) is 6.61. The fraction of sp³-hybridized carbons (Fsp3) is 0.200. The molecule has 0 heterocycles. The molecule has 5 heteroatoms. The van der Waals surface area contributed by atoms with Gasteiger partial charge >= 0.3 is 5.97 Å². The molecule has 130 valence electrons. The summed E-state index contributed by atoms with van der Waals surface area (Å²) in [6.07, 6.45) is 2.98. The highest BCUT2D eigenvalue weighted by Crippen LogP contribution is 2.16. The van der Waals surface area contributed by atoms with Gasteiger partial charge in [-0.2, -0.15) is 0 Å². The van der Waals surface area contributed by atoms with Crippen LogP contribution in [0.3, 0.4) is 0 Å². The van der Waals surface area contributed by atoms with Gasteiger partial charge < -0.3 is 10.1 Å². The predicted molar refractivity (Wildman–Crippen MR) is 102 cm³/mol. The highest BCUT2D eigenvalue weighted by atomic mass is 79.9. The third kappa shape index (κ3) is 6.55. The van der Waals surface area contributed by atoms with E-state index in [1.165, 1.54) is 6.08 Å². The van der Waals surface area contributed by atoms with Crippen LogP contribution in [-0.4, -0.2) is 18.5 Å². The number of benzene rings is 2. The van der Waals surface area contributed by atoms with E-state index in [4.69, 9.17) is 4.74 Å². The highest BCUT2D eigenvalue weighted by Gasteiger charge is 2.11. The molecule has 25 heavy (non-hydrogen) atoms. The molecule has 0 unspecified atom stereocenters. The number of ether oxygens (including phenoxy) is 1. The summed E-state index contributed by atoms with van der Waals surface area (Å²) >= 11 is 3.37. The van der Waals surface area contributed by atoms with Gasteiger partial charge in [0.05, 0.1) is 6.04 Å². The van der Waals surface area contributed by atoms with Gasteiger partial charge in [-0.25, -0.2) is 4.79 Å². The van der Waals surface area contributed by atoms with E-state index >= 15 is 0 Å². The molecule has 2 aromatic carbocycles. The van der Waals surface area contributed by atoms with E-state index in [0.29, 0.717) is 0 Å². The molecule has 1 N–H and O–H groups in total. The Kier molecular flexibility index (Phi) is 6.95.